The van der Waals surface area contributed by atoms with Gasteiger partial charge >= 0.3 is 0 Å². The Morgan fingerprint density at radius 3 is 2.46 bits per heavy atom. The summed E-state index contributed by atoms with van der Waals surface area (Å²) < 4.78 is 24.3. The average Bonchev–Trinajstić information content (AvgIpc) is 2.01. The summed E-state index contributed by atoms with van der Waals surface area (Å²) >= 11 is 0. The van der Waals surface area contributed by atoms with Crippen molar-refractivity contribution in [2.75, 3.05) is 19.3 Å². The van der Waals surface area contributed by atoms with Crippen molar-refractivity contribution in [3.8, 4) is 0 Å². The van der Waals surface area contributed by atoms with Gasteiger partial charge in [-0.05, 0) is 25.8 Å². The monoisotopic (exact) mass is 206 g/mol. The summed E-state index contributed by atoms with van der Waals surface area (Å²) in [6.45, 7) is 2.77. The molecule has 0 aromatic heterocycles. The van der Waals surface area contributed by atoms with Crippen LogP contribution in [0.15, 0.2) is 0 Å². The molecule has 1 rings (SSSR count). The number of rotatable bonds is 5. The van der Waals surface area contributed by atoms with E-state index in [4.69, 9.17) is 0 Å². The Morgan fingerprint density at radius 1 is 1.38 bits per heavy atom. The summed E-state index contributed by atoms with van der Waals surface area (Å²) in [5, 5.41) is 3.22. The van der Waals surface area contributed by atoms with Crippen LogP contribution < -0.4 is 10.0 Å². The zero-order chi connectivity index (χ0) is 9.90. The largest absolute Gasteiger partial charge is 0.313 e. The first-order valence-electron chi connectivity index (χ1n) is 4.68. The summed E-state index contributed by atoms with van der Waals surface area (Å²) in [7, 11) is -1.58. The fourth-order valence-electron chi connectivity index (χ4n) is 1.57. The molecule has 13 heavy (non-hydrogen) atoms. The lowest BCUT2D eigenvalue weighted by Crippen LogP contribution is -2.42. The first-order valence-corrected chi connectivity index (χ1v) is 6.33. The Balaban J connectivity index is 2.08. The maximum atomic E-state index is 11.0. The molecule has 4 nitrogen and oxygen atoms in total. The Hall–Kier alpha value is -0.130. The summed E-state index contributed by atoms with van der Waals surface area (Å²) in [6, 6.07) is 0.544. The molecule has 78 valence electrons. The molecular weight excluding hydrogens is 188 g/mol. The molecule has 0 heterocycles. The molecule has 2 N–H and O–H groups in total. The van der Waals surface area contributed by atoms with Crippen LogP contribution in [0.2, 0.25) is 0 Å². The molecule has 0 amide bonds. The fourth-order valence-corrected chi connectivity index (χ4v) is 2.16. The van der Waals surface area contributed by atoms with Crippen LogP contribution in [0.4, 0.5) is 0 Å². The van der Waals surface area contributed by atoms with Crippen LogP contribution in [-0.4, -0.2) is 33.8 Å². The van der Waals surface area contributed by atoms with Crippen LogP contribution in [0.25, 0.3) is 0 Å². The van der Waals surface area contributed by atoms with Crippen LogP contribution >= 0.6 is 0 Å². The summed E-state index contributed by atoms with van der Waals surface area (Å²) in [4.78, 5) is 0. The maximum absolute atomic E-state index is 11.0. The van der Waals surface area contributed by atoms with Crippen molar-refractivity contribution in [1.82, 2.24) is 10.0 Å². The fraction of sp³-hybridized carbons (Fsp3) is 1.00. The zero-order valence-electron chi connectivity index (χ0n) is 8.21. The Labute approximate surface area is 80.1 Å². The van der Waals surface area contributed by atoms with E-state index in [1.165, 1.54) is 19.9 Å². The molecular formula is C8H18N2O2S. The van der Waals surface area contributed by atoms with Crippen LogP contribution in [0.1, 0.15) is 19.8 Å². The molecule has 0 aromatic carbocycles. The topological polar surface area (TPSA) is 58.2 Å². The molecule has 1 saturated carbocycles. The van der Waals surface area contributed by atoms with E-state index in [2.05, 4.69) is 17.0 Å². The van der Waals surface area contributed by atoms with Gasteiger partial charge in [0.05, 0.1) is 5.75 Å². The Bertz CT molecular complexity index is 245. The van der Waals surface area contributed by atoms with Crippen molar-refractivity contribution in [2.24, 2.45) is 5.92 Å². The number of hydrogen-bond donors (Lipinski definition) is 2. The molecule has 0 atom stereocenters. The van der Waals surface area contributed by atoms with Crippen molar-refractivity contribution < 1.29 is 8.42 Å². The molecule has 0 aromatic rings. The standard InChI is InChI=1S/C8H18N2O2S/c1-7-5-8(6-7)10-3-4-13(11,12)9-2/h7-10H,3-6H2,1-2H3. The van der Waals surface area contributed by atoms with Gasteiger partial charge in [-0.25, -0.2) is 13.1 Å². The van der Waals surface area contributed by atoms with Gasteiger partial charge in [0.25, 0.3) is 0 Å². The van der Waals surface area contributed by atoms with Gasteiger partial charge in [-0.15, -0.1) is 0 Å². The minimum Gasteiger partial charge on any atom is -0.313 e. The van der Waals surface area contributed by atoms with E-state index >= 15 is 0 Å². The van der Waals surface area contributed by atoms with Crippen molar-refractivity contribution in [1.29, 1.82) is 0 Å². The molecule has 1 aliphatic carbocycles. The minimum atomic E-state index is -3.03. The lowest BCUT2D eigenvalue weighted by molar-refractivity contribution is 0.245. The first-order chi connectivity index (χ1) is 6.03. The van der Waals surface area contributed by atoms with E-state index in [1.807, 2.05) is 0 Å². The van der Waals surface area contributed by atoms with Gasteiger partial charge in [0.15, 0.2) is 0 Å². The second-order valence-corrected chi connectivity index (χ2v) is 5.80. The van der Waals surface area contributed by atoms with Gasteiger partial charge in [-0.2, -0.15) is 0 Å². The SMILES string of the molecule is CNS(=O)(=O)CCNC1CC(C)C1. The molecule has 5 heteroatoms. The number of sulfonamides is 1. The third-order valence-electron chi connectivity index (χ3n) is 2.49. The van der Waals surface area contributed by atoms with Gasteiger partial charge in [0, 0.05) is 12.6 Å². The van der Waals surface area contributed by atoms with Gasteiger partial charge in [-0.3, -0.25) is 0 Å². The minimum absolute atomic E-state index is 0.175. The van der Waals surface area contributed by atoms with Crippen LogP contribution in [0.5, 0.6) is 0 Å². The average molecular weight is 206 g/mol. The second-order valence-electron chi connectivity index (χ2n) is 3.75. The second kappa shape index (κ2) is 4.39. The normalized spacial score (nSPS) is 28.5. The van der Waals surface area contributed by atoms with Crippen molar-refractivity contribution in [3.63, 3.8) is 0 Å². The predicted octanol–water partition coefficient (Wildman–Crippen LogP) is -0.0763. The molecule has 0 spiro atoms. The molecule has 0 unspecified atom stereocenters. The number of nitrogens with one attached hydrogen (secondary N) is 2. The molecule has 0 bridgehead atoms. The van der Waals surface area contributed by atoms with E-state index in [0.29, 0.717) is 12.6 Å². The highest BCUT2D eigenvalue weighted by atomic mass is 32.2. The third-order valence-corrected chi connectivity index (χ3v) is 3.85. The van der Waals surface area contributed by atoms with Gasteiger partial charge in [0.1, 0.15) is 0 Å². The Kier molecular flexibility index (Phi) is 3.70. The Morgan fingerprint density at radius 2 is 2.00 bits per heavy atom. The third kappa shape index (κ3) is 3.62. The summed E-state index contributed by atoms with van der Waals surface area (Å²) in [6.07, 6.45) is 2.36. The zero-order valence-corrected chi connectivity index (χ0v) is 9.02. The summed E-state index contributed by atoms with van der Waals surface area (Å²) in [5.74, 6) is 0.979. The van der Waals surface area contributed by atoms with Crippen LogP contribution in [0.3, 0.4) is 0 Å². The van der Waals surface area contributed by atoms with Crippen molar-refractivity contribution in [2.45, 2.75) is 25.8 Å². The van der Waals surface area contributed by atoms with E-state index in [0.717, 1.165) is 5.92 Å². The lowest BCUT2D eigenvalue weighted by atomic mass is 9.82. The predicted molar refractivity (Wildman–Crippen MR) is 53.0 cm³/mol. The molecule has 0 saturated heterocycles. The van der Waals surface area contributed by atoms with Gasteiger partial charge in [0.2, 0.25) is 10.0 Å². The molecule has 1 fully saturated rings. The smallest absolute Gasteiger partial charge is 0.212 e. The molecule has 1 aliphatic rings. The van der Waals surface area contributed by atoms with Crippen molar-refractivity contribution >= 4 is 10.0 Å². The first kappa shape index (κ1) is 10.9. The maximum Gasteiger partial charge on any atom is 0.212 e. The highest BCUT2D eigenvalue weighted by Crippen LogP contribution is 2.25. The van der Waals surface area contributed by atoms with Crippen LogP contribution in [0, 0.1) is 5.92 Å². The van der Waals surface area contributed by atoms with Gasteiger partial charge < -0.3 is 5.32 Å². The highest BCUT2D eigenvalue weighted by Gasteiger charge is 2.24. The summed E-state index contributed by atoms with van der Waals surface area (Å²) in [5.41, 5.74) is 0. The molecule has 0 aliphatic heterocycles. The van der Waals surface area contributed by atoms with E-state index < -0.39 is 10.0 Å². The quantitative estimate of drug-likeness (QED) is 0.661. The highest BCUT2D eigenvalue weighted by molar-refractivity contribution is 7.89. The van der Waals surface area contributed by atoms with Gasteiger partial charge in [-0.1, -0.05) is 6.92 Å². The van der Waals surface area contributed by atoms with E-state index in [-0.39, 0.29) is 5.75 Å². The van der Waals surface area contributed by atoms with Crippen LogP contribution in [-0.2, 0) is 10.0 Å². The van der Waals surface area contributed by atoms with E-state index in [9.17, 15) is 8.42 Å². The lowest BCUT2D eigenvalue weighted by Gasteiger charge is -2.33. The van der Waals surface area contributed by atoms with Crippen molar-refractivity contribution in [3.05, 3.63) is 0 Å². The number of hydrogen-bond acceptors (Lipinski definition) is 3. The molecule has 0 radical (unpaired) electrons. The van der Waals surface area contributed by atoms with E-state index in [1.54, 1.807) is 0 Å².